The van der Waals surface area contributed by atoms with Crippen LogP contribution < -0.4 is 15.2 Å². The molecule has 4 heteroatoms. The quantitative estimate of drug-likeness (QED) is 0.802. The summed E-state index contributed by atoms with van der Waals surface area (Å²) in [4.78, 5) is 1.13. The SMILES string of the molecule is COc1cc(SC)c(C(C)N)cc1OC. The van der Waals surface area contributed by atoms with Crippen molar-refractivity contribution in [3.63, 3.8) is 0 Å². The van der Waals surface area contributed by atoms with Crippen LogP contribution in [0.25, 0.3) is 0 Å². The van der Waals surface area contributed by atoms with E-state index in [0.717, 1.165) is 22.0 Å². The minimum absolute atomic E-state index is 0.00717. The first-order valence-corrected chi connectivity index (χ1v) is 5.92. The molecule has 0 radical (unpaired) electrons. The highest BCUT2D eigenvalue weighted by molar-refractivity contribution is 7.98. The maximum atomic E-state index is 5.90. The molecule has 1 unspecified atom stereocenters. The minimum Gasteiger partial charge on any atom is -0.493 e. The number of methoxy groups -OCH3 is 2. The molecule has 0 amide bonds. The molecule has 0 aliphatic heterocycles. The van der Waals surface area contributed by atoms with E-state index in [1.54, 1.807) is 26.0 Å². The lowest BCUT2D eigenvalue weighted by molar-refractivity contribution is 0.353. The minimum atomic E-state index is -0.00717. The zero-order chi connectivity index (χ0) is 11.4. The van der Waals surface area contributed by atoms with Crippen LogP contribution in [-0.4, -0.2) is 20.5 Å². The van der Waals surface area contributed by atoms with Gasteiger partial charge >= 0.3 is 0 Å². The second kappa shape index (κ2) is 5.28. The molecule has 0 fully saturated rings. The molecule has 0 saturated carbocycles. The van der Waals surface area contributed by atoms with E-state index in [0.29, 0.717) is 0 Å². The Morgan fingerprint density at radius 3 is 2.13 bits per heavy atom. The van der Waals surface area contributed by atoms with Crippen molar-refractivity contribution in [3.8, 4) is 11.5 Å². The molecule has 0 saturated heterocycles. The standard InChI is InChI=1S/C11H17NO2S/c1-7(12)8-5-9(13-2)10(14-3)6-11(8)15-4/h5-7H,12H2,1-4H3. The van der Waals surface area contributed by atoms with E-state index in [-0.39, 0.29) is 6.04 Å². The lowest BCUT2D eigenvalue weighted by Gasteiger charge is -2.15. The van der Waals surface area contributed by atoms with Gasteiger partial charge in [-0.05, 0) is 30.9 Å². The van der Waals surface area contributed by atoms with Crippen molar-refractivity contribution < 1.29 is 9.47 Å². The highest BCUT2D eigenvalue weighted by Gasteiger charge is 2.12. The van der Waals surface area contributed by atoms with Crippen molar-refractivity contribution in [2.75, 3.05) is 20.5 Å². The Balaban J connectivity index is 3.27. The summed E-state index contributed by atoms with van der Waals surface area (Å²) in [6, 6.07) is 3.89. The lowest BCUT2D eigenvalue weighted by Crippen LogP contribution is -2.07. The fourth-order valence-electron chi connectivity index (χ4n) is 1.41. The molecule has 0 bridgehead atoms. The summed E-state index contributed by atoms with van der Waals surface area (Å²) in [5.41, 5.74) is 6.98. The number of nitrogens with two attached hydrogens (primary N) is 1. The lowest BCUT2D eigenvalue weighted by atomic mass is 10.1. The monoisotopic (exact) mass is 227 g/mol. The van der Waals surface area contributed by atoms with E-state index in [1.165, 1.54) is 0 Å². The average Bonchev–Trinajstić information content (AvgIpc) is 2.26. The van der Waals surface area contributed by atoms with Gasteiger partial charge in [-0.1, -0.05) is 0 Å². The third-order valence-electron chi connectivity index (χ3n) is 2.23. The highest BCUT2D eigenvalue weighted by atomic mass is 32.2. The normalized spacial score (nSPS) is 12.3. The molecule has 15 heavy (non-hydrogen) atoms. The fourth-order valence-corrected chi connectivity index (χ4v) is 2.11. The molecule has 0 aromatic heterocycles. The third-order valence-corrected chi connectivity index (χ3v) is 3.02. The van der Waals surface area contributed by atoms with Crippen LogP contribution in [0.3, 0.4) is 0 Å². The molecular formula is C11H17NO2S. The van der Waals surface area contributed by atoms with Gasteiger partial charge in [0, 0.05) is 10.9 Å². The van der Waals surface area contributed by atoms with Crippen LogP contribution in [0.15, 0.2) is 17.0 Å². The van der Waals surface area contributed by atoms with Crippen LogP contribution in [0, 0.1) is 0 Å². The van der Waals surface area contributed by atoms with E-state index >= 15 is 0 Å². The zero-order valence-corrected chi connectivity index (χ0v) is 10.4. The van der Waals surface area contributed by atoms with Crippen molar-refractivity contribution in [1.29, 1.82) is 0 Å². The van der Waals surface area contributed by atoms with Gasteiger partial charge in [0.2, 0.25) is 0 Å². The first kappa shape index (κ1) is 12.2. The molecule has 2 N–H and O–H groups in total. The number of benzene rings is 1. The van der Waals surface area contributed by atoms with Crippen molar-refractivity contribution in [3.05, 3.63) is 17.7 Å². The van der Waals surface area contributed by atoms with Gasteiger partial charge in [0.05, 0.1) is 14.2 Å². The Labute approximate surface area is 94.9 Å². The maximum absolute atomic E-state index is 5.90. The van der Waals surface area contributed by atoms with Gasteiger partial charge in [-0.3, -0.25) is 0 Å². The Bertz CT molecular complexity index is 340. The first-order valence-electron chi connectivity index (χ1n) is 4.69. The number of thioether (sulfide) groups is 1. The molecule has 0 aliphatic rings. The van der Waals surface area contributed by atoms with Gasteiger partial charge in [-0.15, -0.1) is 11.8 Å². The summed E-state index contributed by atoms with van der Waals surface area (Å²) in [5.74, 6) is 1.47. The second-order valence-electron chi connectivity index (χ2n) is 3.24. The maximum Gasteiger partial charge on any atom is 0.161 e. The van der Waals surface area contributed by atoms with Crippen LogP contribution in [0.4, 0.5) is 0 Å². The average molecular weight is 227 g/mol. The Hall–Kier alpha value is -0.870. The second-order valence-corrected chi connectivity index (χ2v) is 4.09. The van der Waals surface area contributed by atoms with E-state index in [1.807, 2.05) is 25.3 Å². The third kappa shape index (κ3) is 2.58. The van der Waals surface area contributed by atoms with E-state index in [4.69, 9.17) is 15.2 Å². The Morgan fingerprint density at radius 1 is 1.20 bits per heavy atom. The van der Waals surface area contributed by atoms with Gasteiger partial charge in [0.15, 0.2) is 11.5 Å². The fraction of sp³-hybridized carbons (Fsp3) is 0.455. The van der Waals surface area contributed by atoms with Crippen LogP contribution in [0.5, 0.6) is 11.5 Å². The van der Waals surface area contributed by atoms with Gasteiger partial charge in [-0.25, -0.2) is 0 Å². The van der Waals surface area contributed by atoms with E-state index in [9.17, 15) is 0 Å². The van der Waals surface area contributed by atoms with Crippen LogP contribution in [-0.2, 0) is 0 Å². The van der Waals surface area contributed by atoms with Gasteiger partial charge in [0.25, 0.3) is 0 Å². The zero-order valence-electron chi connectivity index (χ0n) is 9.53. The predicted octanol–water partition coefficient (Wildman–Crippen LogP) is 2.45. The summed E-state index contributed by atoms with van der Waals surface area (Å²) >= 11 is 1.66. The number of rotatable bonds is 4. The molecule has 1 atom stereocenters. The van der Waals surface area contributed by atoms with Crippen LogP contribution in [0.2, 0.25) is 0 Å². The molecule has 84 valence electrons. The van der Waals surface area contributed by atoms with Crippen molar-refractivity contribution in [2.24, 2.45) is 5.73 Å². The molecular weight excluding hydrogens is 210 g/mol. The van der Waals surface area contributed by atoms with Crippen LogP contribution in [0.1, 0.15) is 18.5 Å². The summed E-state index contributed by atoms with van der Waals surface area (Å²) in [7, 11) is 3.26. The topological polar surface area (TPSA) is 44.5 Å². The largest absolute Gasteiger partial charge is 0.493 e. The molecule has 0 aliphatic carbocycles. The smallest absolute Gasteiger partial charge is 0.161 e. The molecule has 3 nitrogen and oxygen atoms in total. The van der Waals surface area contributed by atoms with Gasteiger partial charge in [0.1, 0.15) is 0 Å². The van der Waals surface area contributed by atoms with Crippen molar-refractivity contribution in [2.45, 2.75) is 17.9 Å². The van der Waals surface area contributed by atoms with Gasteiger partial charge in [-0.2, -0.15) is 0 Å². The summed E-state index contributed by atoms with van der Waals surface area (Å²) < 4.78 is 10.5. The summed E-state index contributed by atoms with van der Waals surface area (Å²) in [6.45, 7) is 1.96. The number of hydrogen-bond acceptors (Lipinski definition) is 4. The van der Waals surface area contributed by atoms with Crippen molar-refractivity contribution >= 4 is 11.8 Å². The number of hydrogen-bond donors (Lipinski definition) is 1. The summed E-state index contributed by atoms with van der Waals surface area (Å²) in [5, 5.41) is 0. The van der Waals surface area contributed by atoms with E-state index < -0.39 is 0 Å². The Kier molecular flexibility index (Phi) is 4.29. The van der Waals surface area contributed by atoms with Gasteiger partial charge < -0.3 is 15.2 Å². The molecule has 0 heterocycles. The van der Waals surface area contributed by atoms with Crippen molar-refractivity contribution in [1.82, 2.24) is 0 Å². The molecule has 1 aromatic rings. The predicted molar refractivity (Wildman–Crippen MR) is 63.9 cm³/mol. The first-order chi connectivity index (χ1) is 7.13. The molecule has 1 rings (SSSR count). The molecule has 0 spiro atoms. The Morgan fingerprint density at radius 2 is 1.73 bits per heavy atom. The highest BCUT2D eigenvalue weighted by Crippen LogP contribution is 2.36. The van der Waals surface area contributed by atoms with Crippen LogP contribution >= 0.6 is 11.8 Å². The number of ether oxygens (including phenoxy) is 2. The summed E-state index contributed by atoms with van der Waals surface area (Å²) in [6.07, 6.45) is 2.02. The van der Waals surface area contributed by atoms with E-state index in [2.05, 4.69) is 0 Å². The molecule has 1 aromatic carbocycles.